The van der Waals surface area contributed by atoms with Gasteiger partial charge < -0.3 is 18.7 Å². The van der Waals surface area contributed by atoms with E-state index in [9.17, 15) is 18.9 Å². The van der Waals surface area contributed by atoms with Crippen LogP contribution in [0.4, 0.5) is 0 Å². The summed E-state index contributed by atoms with van der Waals surface area (Å²) in [6.07, 6.45) is 0.559. The van der Waals surface area contributed by atoms with Crippen molar-refractivity contribution in [3.63, 3.8) is 0 Å². The maximum absolute atomic E-state index is 13.5. The van der Waals surface area contributed by atoms with Crippen LogP contribution in [0.5, 0.6) is 5.75 Å². The van der Waals surface area contributed by atoms with Crippen LogP contribution in [0.1, 0.15) is 32.6 Å². The highest BCUT2D eigenvalue weighted by Crippen LogP contribution is 2.45. The molecule has 2 N–H and O–H groups in total. The molecular weight excluding hydrogens is 561 g/mol. The van der Waals surface area contributed by atoms with E-state index in [2.05, 4.69) is 26.0 Å². The number of aromatic nitrogens is 2. The number of hydrogen-bond donors (Lipinski definition) is 2. The number of benzene rings is 1. The Bertz CT molecular complexity index is 1230. The van der Waals surface area contributed by atoms with E-state index in [1.54, 1.807) is 44.2 Å². The maximum atomic E-state index is 13.5. The Balaban J connectivity index is 1.70. The van der Waals surface area contributed by atoms with Crippen LogP contribution in [0.15, 0.2) is 51.1 Å². The van der Waals surface area contributed by atoms with Gasteiger partial charge in [-0.2, -0.15) is 5.09 Å². The number of halogens is 1. The molecule has 0 amide bonds. The zero-order chi connectivity index (χ0) is 26.3. The molecule has 1 aliphatic heterocycles. The quantitative estimate of drug-likeness (QED) is 0.297. The van der Waals surface area contributed by atoms with Gasteiger partial charge in [0.2, 0.25) is 0 Å². The molecule has 1 unspecified atom stereocenters. The molecule has 4 atom stereocenters. The number of H-pyrrole nitrogens is 1. The molecule has 0 aliphatic carbocycles. The van der Waals surface area contributed by atoms with Gasteiger partial charge in [-0.15, -0.1) is 0 Å². The van der Waals surface area contributed by atoms with Crippen LogP contribution in [0.3, 0.4) is 0 Å². The van der Waals surface area contributed by atoms with Gasteiger partial charge in [0.25, 0.3) is 5.56 Å². The molecule has 2 heterocycles. The van der Waals surface area contributed by atoms with Crippen molar-refractivity contribution in [3.8, 4) is 5.75 Å². The summed E-state index contributed by atoms with van der Waals surface area (Å²) in [5.74, 6) is -0.388. The monoisotopic (exact) mass is 587 g/mol. The number of carbonyl (C=O) groups is 1. The first-order chi connectivity index (χ1) is 17.1. The topological polar surface area (TPSA) is 147 Å². The van der Waals surface area contributed by atoms with Crippen LogP contribution in [0, 0.1) is 0 Å². The highest BCUT2D eigenvalue weighted by Gasteiger charge is 2.36. The Kier molecular flexibility index (Phi) is 9.83. The number of hydrogen-bond acceptors (Lipinski definition) is 9. The van der Waals surface area contributed by atoms with Crippen molar-refractivity contribution in [1.29, 1.82) is 0 Å². The van der Waals surface area contributed by atoms with Crippen molar-refractivity contribution in [2.24, 2.45) is 0 Å². The van der Waals surface area contributed by atoms with Crippen molar-refractivity contribution < 1.29 is 32.6 Å². The molecule has 196 valence electrons. The molecule has 1 saturated heterocycles. The second-order valence-corrected chi connectivity index (χ2v) is 10.2. The van der Waals surface area contributed by atoms with E-state index < -0.39 is 43.5 Å². The molecular formula is C22H27BrN3O9P. The molecule has 12 nitrogen and oxygen atoms in total. The molecule has 36 heavy (non-hydrogen) atoms. The smallest absolute Gasteiger partial charge is 0.459 e. The molecule has 0 bridgehead atoms. The molecule has 0 spiro atoms. The summed E-state index contributed by atoms with van der Waals surface area (Å²) in [5, 5.41) is 2.57. The van der Waals surface area contributed by atoms with Gasteiger partial charge in [-0.1, -0.05) is 34.1 Å². The lowest BCUT2D eigenvalue weighted by molar-refractivity contribution is -0.149. The highest BCUT2D eigenvalue weighted by atomic mass is 79.9. The molecule has 0 radical (unpaired) electrons. The SMILES string of the molecule is CC(C)OC(=O)[C@@H](C)NP(=O)(OC[C@H]1OC[C@@H](n2cc(/C=C/Br)c(=O)[nH]c2=O)O1)Oc1ccccc1. The third-order valence-electron chi connectivity index (χ3n) is 4.69. The van der Waals surface area contributed by atoms with Crippen LogP contribution in [-0.2, 0) is 28.1 Å². The van der Waals surface area contributed by atoms with E-state index in [-0.39, 0.29) is 30.6 Å². The molecule has 3 rings (SSSR count). The lowest BCUT2D eigenvalue weighted by Crippen LogP contribution is -2.37. The van der Waals surface area contributed by atoms with Crippen molar-refractivity contribution in [1.82, 2.24) is 14.6 Å². The average Bonchev–Trinajstić information content (AvgIpc) is 3.28. The Morgan fingerprint density at radius 1 is 1.31 bits per heavy atom. The molecule has 0 saturated carbocycles. The van der Waals surface area contributed by atoms with Crippen molar-refractivity contribution in [3.05, 3.63) is 67.9 Å². The number of esters is 1. The number of aromatic amines is 1. The van der Waals surface area contributed by atoms with Crippen LogP contribution in [0.2, 0.25) is 0 Å². The van der Waals surface area contributed by atoms with E-state index in [1.807, 2.05) is 0 Å². The third kappa shape index (κ3) is 7.73. The van der Waals surface area contributed by atoms with Crippen LogP contribution >= 0.6 is 23.7 Å². The van der Waals surface area contributed by atoms with Gasteiger partial charge in [-0.3, -0.25) is 23.7 Å². The summed E-state index contributed by atoms with van der Waals surface area (Å²) in [6, 6.07) is 7.27. The average molecular weight is 588 g/mol. The maximum Gasteiger partial charge on any atom is 0.459 e. The summed E-state index contributed by atoms with van der Waals surface area (Å²) in [6.45, 7) is 4.46. The minimum Gasteiger partial charge on any atom is -0.462 e. The Hall–Kier alpha value is -2.54. The second kappa shape index (κ2) is 12.6. The fraction of sp³-hybridized carbons (Fsp3) is 0.409. The van der Waals surface area contributed by atoms with Gasteiger partial charge >= 0.3 is 19.4 Å². The minimum absolute atomic E-state index is 0.0359. The van der Waals surface area contributed by atoms with Gasteiger partial charge in [-0.25, -0.2) is 9.36 Å². The van der Waals surface area contributed by atoms with Crippen molar-refractivity contribution >= 4 is 35.7 Å². The van der Waals surface area contributed by atoms with E-state index in [0.717, 1.165) is 0 Å². The number of nitrogens with one attached hydrogen (secondary N) is 2. The van der Waals surface area contributed by atoms with E-state index in [1.165, 1.54) is 28.7 Å². The fourth-order valence-corrected chi connectivity index (χ4v) is 4.83. The number of carbonyl (C=O) groups excluding carboxylic acids is 1. The standard InChI is InChI=1S/C22H27BrN3O9P/c1-14(2)33-21(28)15(3)25-36(30,35-17-7-5-4-6-8-17)32-13-19-31-12-18(34-19)26-11-16(9-10-23)20(27)24-22(26)29/h4-11,14-15,18-19H,12-13H2,1-3H3,(H,25,30)(H,24,27,29)/b10-9+/t15-,18+,19+,36?/m1/s1. The van der Waals surface area contributed by atoms with Crippen LogP contribution in [0.25, 0.3) is 6.08 Å². The van der Waals surface area contributed by atoms with E-state index >= 15 is 0 Å². The lowest BCUT2D eigenvalue weighted by atomic mass is 10.3. The minimum atomic E-state index is -4.11. The molecule has 1 fully saturated rings. The number of nitrogens with zero attached hydrogens (tertiary/aromatic N) is 1. The van der Waals surface area contributed by atoms with Gasteiger partial charge in [0.1, 0.15) is 18.4 Å². The van der Waals surface area contributed by atoms with Crippen LogP contribution in [-0.4, -0.2) is 47.2 Å². The second-order valence-electron chi connectivity index (χ2n) is 7.93. The zero-order valence-corrected chi connectivity index (χ0v) is 22.3. The first kappa shape index (κ1) is 28.0. The van der Waals surface area contributed by atoms with Crippen molar-refractivity contribution in [2.75, 3.05) is 13.2 Å². The molecule has 2 aromatic rings. The van der Waals surface area contributed by atoms with Gasteiger partial charge in [0, 0.05) is 6.20 Å². The summed E-state index contributed by atoms with van der Waals surface area (Å²) >= 11 is 3.09. The first-order valence-corrected chi connectivity index (χ1v) is 13.4. The fourth-order valence-electron chi connectivity index (χ4n) is 3.07. The molecule has 1 aromatic carbocycles. The van der Waals surface area contributed by atoms with Crippen LogP contribution < -0.4 is 20.9 Å². The number of ether oxygens (including phenoxy) is 3. The highest BCUT2D eigenvalue weighted by molar-refractivity contribution is 9.11. The molecule has 1 aliphatic rings. The largest absolute Gasteiger partial charge is 0.462 e. The molecule has 1 aromatic heterocycles. The Labute approximate surface area is 215 Å². The summed E-state index contributed by atoms with van der Waals surface area (Å²) < 4.78 is 42.2. The molecule has 14 heteroatoms. The van der Waals surface area contributed by atoms with Gasteiger partial charge in [-0.05, 0) is 44.0 Å². The lowest BCUT2D eigenvalue weighted by Gasteiger charge is -2.24. The summed E-state index contributed by atoms with van der Waals surface area (Å²) in [5.41, 5.74) is -1.01. The first-order valence-electron chi connectivity index (χ1n) is 11.0. The third-order valence-corrected chi connectivity index (χ3v) is 6.60. The van der Waals surface area contributed by atoms with E-state index in [4.69, 9.17) is 23.3 Å². The number of rotatable bonds is 11. The Morgan fingerprint density at radius 2 is 2.03 bits per heavy atom. The predicted octanol–water partition coefficient (Wildman–Crippen LogP) is 2.91. The summed E-state index contributed by atoms with van der Waals surface area (Å²) in [7, 11) is -4.11. The normalized spacial score (nSPS) is 20.4. The van der Waals surface area contributed by atoms with Gasteiger partial charge in [0.05, 0.1) is 18.3 Å². The van der Waals surface area contributed by atoms with Crippen molar-refractivity contribution in [2.45, 2.75) is 45.4 Å². The number of para-hydroxylation sites is 1. The predicted molar refractivity (Wildman–Crippen MR) is 134 cm³/mol. The van der Waals surface area contributed by atoms with E-state index in [0.29, 0.717) is 0 Å². The summed E-state index contributed by atoms with van der Waals surface area (Å²) in [4.78, 5) is 40.1. The zero-order valence-electron chi connectivity index (χ0n) is 19.8. The Morgan fingerprint density at radius 3 is 2.69 bits per heavy atom. The van der Waals surface area contributed by atoms with Gasteiger partial charge in [0.15, 0.2) is 12.5 Å².